The molecule has 1 N–H and O–H groups in total. The molecule has 0 aromatic heterocycles. The zero-order chi connectivity index (χ0) is 15.8. The van der Waals surface area contributed by atoms with Crippen molar-refractivity contribution in [3.05, 3.63) is 23.8 Å². The first kappa shape index (κ1) is 16.4. The topological polar surface area (TPSA) is 46.5 Å². The molecule has 1 saturated carbocycles. The zero-order valence-electron chi connectivity index (χ0n) is 13.7. The molecule has 0 aromatic rings. The van der Waals surface area contributed by atoms with E-state index >= 15 is 0 Å². The van der Waals surface area contributed by atoms with Gasteiger partial charge in [-0.3, -0.25) is 4.79 Å². The fourth-order valence-corrected chi connectivity index (χ4v) is 3.95. The van der Waals surface area contributed by atoms with Crippen LogP contribution in [0.2, 0.25) is 0 Å². The van der Waals surface area contributed by atoms with Crippen LogP contribution in [0.1, 0.15) is 46.5 Å². The lowest BCUT2D eigenvalue weighted by molar-refractivity contribution is -0.125. The van der Waals surface area contributed by atoms with Crippen LogP contribution in [0.3, 0.4) is 0 Å². The van der Waals surface area contributed by atoms with E-state index in [1.54, 1.807) is 7.11 Å². The Kier molecular flexibility index (Phi) is 4.46. The summed E-state index contributed by atoms with van der Waals surface area (Å²) in [5, 5.41) is 10.7. The van der Waals surface area contributed by atoms with Crippen molar-refractivity contribution < 1.29 is 14.6 Å². The fraction of sp³-hybridized carbons (Fsp3) is 0.722. The number of ether oxygens (including phenoxy) is 1. The summed E-state index contributed by atoms with van der Waals surface area (Å²) < 4.78 is 5.13. The molecule has 21 heavy (non-hydrogen) atoms. The second-order valence-corrected chi connectivity index (χ2v) is 7.20. The van der Waals surface area contributed by atoms with Crippen molar-refractivity contribution in [3.8, 4) is 0 Å². The Balaban J connectivity index is 2.26. The smallest absolute Gasteiger partial charge is 0.171 e. The lowest BCUT2D eigenvalue weighted by Gasteiger charge is -2.32. The van der Waals surface area contributed by atoms with Gasteiger partial charge in [0.05, 0.1) is 12.0 Å². The van der Waals surface area contributed by atoms with Gasteiger partial charge in [-0.05, 0) is 44.4 Å². The average Bonchev–Trinajstić information content (AvgIpc) is 2.92. The monoisotopic (exact) mass is 292 g/mol. The minimum atomic E-state index is -1.12. The summed E-state index contributed by atoms with van der Waals surface area (Å²) >= 11 is 0. The Morgan fingerprint density at radius 2 is 2.19 bits per heavy atom. The van der Waals surface area contributed by atoms with E-state index in [0.29, 0.717) is 23.8 Å². The molecule has 0 unspecified atom stereocenters. The number of carbonyl (C=O) groups excluding carboxylic acids is 1. The Morgan fingerprint density at radius 3 is 2.71 bits per heavy atom. The number of rotatable bonds is 5. The van der Waals surface area contributed by atoms with Gasteiger partial charge in [-0.25, -0.2) is 0 Å². The molecule has 2 aliphatic carbocycles. The van der Waals surface area contributed by atoms with Crippen LogP contribution >= 0.6 is 0 Å². The van der Waals surface area contributed by atoms with Crippen LogP contribution in [0.5, 0.6) is 0 Å². The highest BCUT2D eigenvalue weighted by molar-refractivity contribution is 6.04. The van der Waals surface area contributed by atoms with Crippen molar-refractivity contribution in [2.24, 2.45) is 17.3 Å². The van der Waals surface area contributed by atoms with Gasteiger partial charge in [0.2, 0.25) is 0 Å². The molecule has 0 saturated heterocycles. The molecule has 0 heterocycles. The Hall–Kier alpha value is -0.930. The summed E-state index contributed by atoms with van der Waals surface area (Å²) in [7, 11) is 1.56. The molecule has 0 spiro atoms. The van der Waals surface area contributed by atoms with E-state index in [4.69, 9.17) is 4.74 Å². The van der Waals surface area contributed by atoms with Gasteiger partial charge in [-0.1, -0.05) is 32.1 Å². The minimum absolute atomic E-state index is 0.0488. The van der Waals surface area contributed by atoms with Gasteiger partial charge in [0.1, 0.15) is 5.60 Å². The van der Waals surface area contributed by atoms with E-state index in [2.05, 4.69) is 20.4 Å². The second kappa shape index (κ2) is 5.69. The van der Waals surface area contributed by atoms with E-state index in [0.717, 1.165) is 24.8 Å². The van der Waals surface area contributed by atoms with Crippen LogP contribution in [0.25, 0.3) is 0 Å². The van der Waals surface area contributed by atoms with Crippen molar-refractivity contribution in [3.63, 3.8) is 0 Å². The van der Waals surface area contributed by atoms with Crippen LogP contribution in [0.15, 0.2) is 23.8 Å². The summed E-state index contributed by atoms with van der Waals surface area (Å²) in [4.78, 5) is 13.1. The van der Waals surface area contributed by atoms with Crippen molar-refractivity contribution in [2.75, 3.05) is 13.7 Å². The second-order valence-electron chi connectivity index (χ2n) is 7.20. The standard InChI is InChI=1S/C18H28O3/c1-12(2)14-8-10-17(4,13(14)3)16(19)15-7-6-9-18(15,20)11-21-5/h7,12,14,20H,3,6,8-11H2,1-2,4-5H3/t14-,17+,18+/m1/s1. The number of aliphatic hydroxyl groups is 1. The van der Waals surface area contributed by atoms with Crippen LogP contribution in [0, 0.1) is 17.3 Å². The summed E-state index contributed by atoms with van der Waals surface area (Å²) in [6, 6.07) is 0. The molecule has 0 radical (unpaired) electrons. The molecule has 2 rings (SSSR count). The Labute approximate surface area is 128 Å². The highest BCUT2D eigenvalue weighted by Crippen LogP contribution is 2.51. The summed E-state index contributed by atoms with van der Waals surface area (Å²) in [6.45, 7) is 10.8. The number of Topliss-reactive ketones (excluding diaryl/α,β-unsaturated/α-hetero) is 1. The normalized spacial score (nSPS) is 36.4. The molecule has 3 nitrogen and oxygen atoms in total. The first-order chi connectivity index (χ1) is 9.76. The SMILES string of the molecule is C=C1[C@@H](C(C)C)CC[C@]1(C)C(=O)C1=CCC[C@]1(O)COC. The van der Waals surface area contributed by atoms with Gasteiger partial charge in [0, 0.05) is 12.7 Å². The molecule has 3 heteroatoms. The fourth-order valence-electron chi connectivity index (χ4n) is 3.95. The van der Waals surface area contributed by atoms with Gasteiger partial charge in [-0.2, -0.15) is 0 Å². The number of methoxy groups -OCH3 is 1. The van der Waals surface area contributed by atoms with E-state index in [1.165, 1.54) is 0 Å². The van der Waals surface area contributed by atoms with Crippen molar-refractivity contribution in [1.29, 1.82) is 0 Å². The largest absolute Gasteiger partial charge is 0.383 e. The molecule has 0 aliphatic heterocycles. The van der Waals surface area contributed by atoms with Gasteiger partial charge >= 0.3 is 0 Å². The maximum Gasteiger partial charge on any atom is 0.171 e. The number of ketones is 1. The number of hydrogen-bond donors (Lipinski definition) is 1. The number of allylic oxidation sites excluding steroid dienone is 2. The Bertz CT molecular complexity index is 477. The first-order valence-electron chi connectivity index (χ1n) is 7.92. The molecule has 0 amide bonds. The van der Waals surface area contributed by atoms with Gasteiger partial charge in [0.25, 0.3) is 0 Å². The van der Waals surface area contributed by atoms with Crippen molar-refractivity contribution in [2.45, 2.75) is 52.1 Å². The van der Waals surface area contributed by atoms with Crippen molar-refractivity contribution >= 4 is 5.78 Å². The third-order valence-corrected chi connectivity index (χ3v) is 5.45. The third kappa shape index (κ3) is 2.62. The van der Waals surface area contributed by atoms with E-state index in [-0.39, 0.29) is 12.4 Å². The van der Waals surface area contributed by atoms with Gasteiger partial charge < -0.3 is 9.84 Å². The molecule has 1 fully saturated rings. The number of carbonyl (C=O) groups is 1. The average molecular weight is 292 g/mol. The summed E-state index contributed by atoms with van der Waals surface area (Å²) in [5.74, 6) is 0.951. The maximum atomic E-state index is 13.1. The molecule has 2 aliphatic rings. The van der Waals surface area contributed by atoms with Crippen LogP contribution in [-0.4, -0.2) is 30.2 Å². The zero-order valence-corrected chi connectivity index (χ0v) is 13.7. The third-order valence-electron chi connectivity index (χ3n) is 5.45. The highest BCUT2D eigenvalue weighted by Gasteiger charge is 2.50. The van der Waals surface area contributed by atoms with Gasteiger partial charge in [0.15, 0.2) is 5.78 Å². The van der Waals surface area contributed by atoms with E-state index in [1.807, 2.05) is 13.0 Å². The molecular formula is C18H28O3. The minimum Gasteiger partial charge on any atom is -0.383 e. The van der Waals surface area contributed by atoms with Crippen LogP contribution < -0.4 is 0 Å². The number of hydrogen-bond acceptors (Lipinski definition) is 3. The predicted octanol–water partition coefficient (Wildman–Crippen LogP) is 3.28. The molecule has 0 bridgehead atoms. The quantitative estimate of drug-likeness (QED) is 0.791. The molecule has 118 valence electrons. The first-order valence-corrected chi connectivity index (χ1v) is 7.92. The van der Waals surface area contributed by atoms with Crippen LogP contribution in [0.4, 0.5) is 0 Å². The summed E-state index contributed by atoms with van der Waals surface area (Å²) in [6.07, 6.45) is 5.03. The van der Waals surface area contributed by atoms with Gasteiger partial charge in [-0.15, -0.1) is 0 Å². The summed E-state index contributed by atoms with van der Waals surface area (Å²) in [5.41, 5.74) is -0.0785. The highest BCUT2D eigenvalue weighted by atomic mass is 16.5. The molecule has 0 aromatic carbocycles. The molecule has 3 atom stereocenters. The van der Waals surface area contributed by atoms with E-state index < -0.39 is 11.0 Å². The van der Waals surface area contributed by atoms with E-state index in [9.17, 15) is 9.90 Å². The Morgan fingerprint density at radius 1 is 1.52 bits per heavy atom. The maximum absolute atomic E-state index is 13.1. The predicted molar refractivity (Wildman–Crippen MR) is 84.0 cm³/mol. The van der Waals surface area contributed by atoms with Crippen LogP contribution in [-0.2, 0) is 9.53 Å². The molecular weight excluding hydrogens is 264 g/mol. The lowest BCUT2D eigenvalue weighted by Crippen LogP contribution is -2.41. The van der Waals surface area contributed by atoms with Crippen molar-refractivity contribution in [1.82, 2.24) is 0 Å². The lowest BCUT2D eigenvalue weighted by atomic mass is 9.73.